The van der Waals surface area contributed by atoms with Gasteiger partial charge in [0.15, 0.2) is 0 Å². The Kier molecular flexibility index (Phi) is 4.48. The molecule has 0 fully saturated rings. The average Bonchev–Trinajstić information content (AvgIpc) is 3.58. The molecule has 9 rings (SSSR count). The maximum absolute atomic E-state index is 2.39. The van der Waals surface area contributed by atoms with Crippen LogP contribution >= 0.6 is 0 Å². The van der Waals surface area contributed by atoms with Gasteiger partial charge in [-0.3, -0.25) is 0 Å². The summed E-state index contributed by atoms with van der Waals surface area (Å²) in [6.45, 7) is 4.74. The zero-order valence-corrected chi connectivity index (χ0v) is 23.4. The van der Waals surface area contributed by atoms with Crippen LogP contribution in [0.4, 0.5) is 0 Å². The first-order chi connectivity index (χ1) is 20.1. The van der Waals surface area contributed by atoms with E-state index in [0.29, 0.717) is 0 Å². The van der Waals surface area contributed by atoms with Gasteiger partial charge in [0.25, 0.3) is 0 Å². The smallest absolute Gasteiger partial charge is 0.0619 e. The van der Waals surface area contributed by atoms with Gasteiger partial charge in [0.05, 0.1) is 5.41 Å². The summed E-state index contributed by atoms with van der Waals surface area (Å²) >= 11 is 0. The van der Waals surface area contributed by atoms with Gasteiger partial charge in [-0.05, 0) is 84.3 Å². The largest absolute Gasteiger partial charge is 0.0725 e. The van der Waals surface area contributed by atoms with Crippen molar-refractivity contribution in [3.05, 3.63) is 178 Å². The van der Waals surface area contributed by atoms with Crippen molar-refractivity contribution in [2.45, 2.75) is 31.1 Å². The minimum absolute atomic E-state index is 0.00843. The second-order valence-corrected chi connectivity index (χ2v) is 12.4. The highest BCUT2D eigenvalue weighted by molar-refractivity contribution is 5.96. The second kappa shape index (κ2) is 7.95. The molecule has 0 saturated carbocycles. The molecule has 0 nitrogen and oxygen atoms in total. The molecular weight excluding hydrogens is 492 g/mol. The molecule has 0 radical (unpaired) electrons. The first-order valence-electron chi connectivity index (χ1n) is 14.8. The van der Waals surface area contributed by atoms with E-state index in [0.717, 1.165) is 6.42 Å². The average molecular weight is 523 g/mol. The fourth-order valence-electron chi connectivity index (χ4n) is 8.55. The highest BCUT2D eigenvalue weighted by Gasteiger charge is 2.51. The number of fused-ring (bicyclic) bond motifs is 13. The van der Waals surface area contributed by atoms with Crippen molar-refractivity contribution in [2.75, 3.05) is 0 Å². The molecule has 0 N–H and O–H groups in total. The third-order valence-corrected chi connectivity index (χ3v) is 10.2. The van der Waals surface area contributed by atoms with Gasteiger partial charge in [-0.15, -0.1) is 0 Å². The number of rotatable bonds is 2. The van der Waals surface area contributed by atoms with Crippen molar-refractivity contribution in [1.82, 2.24) is 0 Å². The first-order valence-corrected chi connectivity index (χ1v) is 14.8. The summed E-state index contributed by atoms with van der Waals surface area (Å²) in [5, 5.41) is 0. The molecule has 0 heteroatoms. The topological polar surface area (TPSA) is 0 Å². The number of hydrogen-bond acceptors (Lipinski definition) is 0. The summed E-state index contributed by atoms with van der Waals surface area (Å²) in [5.74, 6) is 0. The van der Waals surface area contributed by atoms with Gasteiger partial charge in [0.2, 0.25) is 0 Å². The molecule has 41 heavy (non-hydrogen) atoms. The predicted octanol–water partition coefficient (Wildman–Crippen LogP) is 9.93. The number of hydrogen-bond donors (Lipinski definition) is 0. The van der Waals surface area contributed by atoms with Crippen LogP contribution in [-0.4, -0.2) is 0 Å². The van der Waals surface area contributed by atoms with Crippen LogP contribution in [-0.2, 0) is 17.3 Å². The van der Waals surface area contributed by atoms with E-state index in [9.17, 15) is 0 Å². The number of benzene rings is 6. The molecule has 0 saturated heterocycles. The molecule has 0 amide bonds. The van der Waals surface area contributed by atoms with E-state index in [-0.39, 0.29) is 10.8 Å². The lowest BCUT2D eigenvalue weighted by Crippen LogP contribution is -2.25. The Morgan fingerprint density at radius 2 is 0.756 bits per heavy atom. The zero-order valence-electron chi connectivity index (χ0n) is 23.4. The van der Waals surface area contributed by atoms with E-state index in [2.05, 4.69) is 147 Å². The zero-order chi connectivity index (χ0) is 27.3. The molecule has 0 atom stereocenters. The van der Waals surface area contributed by atoms with Gasteiger partial charge >= 0.3 is 0 Å². The van der Waals surface area contributed by atoms with Gasteiger partial charge in [-0.1, -0.05) is 147 Å². The van der Waals surface area contributed by atoms with Crippen LogP contribution in [0.5, 0.6) is 0 Å². The summed E-state index contributed by atoms with van der Waals surface area (Å²) in [5.41, 5.74) is 19.4. The SMILES string of the molecule is CC1(C)c2ccccc2-c2c(Cc3cccc4c3-c3ccccc3C43c4ccccc4-c4ccccc43)cccc21. The summed E-state index contributed by atoms with van der Waals surface area (Å²) in [7, 11) is 0. The summed E-state index contributed by atoms with van der Waals surface area (Å²) in [6.07, 6.45) is 0.907. The van der Waals surface area contributed by atoms with E-state index < -0.39 is 0 Å². The quantitative estimate of drug-likeness (QED) is 0.212. The molecule has 0 aliphatic heterocycles. The van der Waals surface area contributed by atoms with Crippen LogP contribution in [0.1, 0.15) is 58.4 Å². The van der Waals surface area contributed by atoms with Crippen molar-refractivity contribution in [1.29, 1.82) is 0 Å². The predicted molar refractivity (Wildman–Crippen MR) is 170 cm³/mol. The van der Waals surface area contributed by atoms with Crippen molar-refractivity contribution >= 4 is 0 Å². The minimum atomic E-state index is -0.289. The Balaban J connectivity index is 1.31. The highest BCUT2D eigenvalue weighted by atomic mass is 14.5. The van der Waals surface area contributed by atoms with Crippen LogP contribution in [0.2, 0.25) is 0 Å². The van der Waals surface area contributed by atoms with Crippen LogP contribution in [0, 0.1) is 0 Å². The van der Waals surface area contributed by atoms with Crippen molar-refractivity contribution in [3.8, 4) is 33.4 Å². The third kappa shape index (κ3) is 2.75. The van der Waals surface area contributed by atoms with Crippen LogP contribution in [0.25, 0.3) is 33.4 Å². The maximum Gasteiger partial charge on any atom is 0.0725 e. The molecule has 3 aliphatic carbocycles. The standard InChI is InChI=1S/C41H30/c1-40(2)32-19-7-5-17-30(32)38-26(13-11-23-36(38)40)25-27-14-12-24-37-39(27)31-18-6-10-22-35(31)41(37)33-20-8-3-15-28(33)29-16-4-9-21-34(29)41/h3-24H,25H2,1-2H3. The lowest BCUT2D eigenvalue weighted by atomic mass is 9.70. The summed E-state index contributed by atoms with van der Waals surface area (Å²) < 4.78 is 0. The van der Waals surface area contributed by atoms with E-state index in [1.165, 1.54) is 77.9 Å². The van der Waals surface area contributed by atoms with E-state index >= 15 is 0 Å². The molecule has 0 heterocycles. The van der Waals surface area contributed by atoms with Crippen molar-refractivity contribution < 1.29 is 0 Å². The minimum Gasteiger partial charge on any atom is -0.0619 e. The van der Waals surface area contributed by atoms with Gasteiger partial charge < -0.3 is 0 Å². The Morgan fingerprint density at radius 1 is 0.366 bits per heavy atom. The molecule has 194 valence electrons. The molecule has 0 bridgehead atoms. The molecule has 0 unspecified atom stereocenters. The van der Waals surface area contributed by atoms with Crippen LogP contribution in [0.3, 0.4) is 0 Å². The first kappa shape index (κ1) is 23.1. The molecule has 1 spiro atoms. The molecular formula is C41H30. The molecule has 0 aromatic heterocycles. The lowest BCUT2D eigenvalue weighted by Gasteiger charge is -2.30. The van der Waals surface area contributed by atoms with Gasteiger partial charge in [0, 0.05) is 5.41 Å². The van der Waals surface area contributed by atoms with Gasteiger partial charge in [-0.25, -0.2) is 0 Å². The Labute approximate surface area is 242 Å². The Hall–Kier alpha value is -4.68. The normalized spacial score (nSPS) is 15.6. The van der Waals surface area contributed by atoms with Gasteiger partial charge in [0.1, 0.15) is 0 Å². The maximum atomic E-state index is 2.39. The van der Waals surface area contributed by atoms with Crippen LogP contribution < -0.4 is 0 Å². The van der Waals surface area contributed by atoms with E-state index in [1.807, 2.05) is 0 Å². The third-order valence-electron chi connectivity index (χ3n) is 10.2. The van der Waals surface area contributed by atoms with Crippen LogP contribution in [0.15, 0.2) is 133 Å². The Morgan fingerprint density at radius 3 is 1.34 bits per heavy atom. The fourth-order valence-corrected chi connectivity index (χ4v) is 8.55. The second-order valence-electron chi connectivity index (χ2n) is 12.4. The van der Waals surface area contributed by atoms with E-state index in [4.69, 9.17) is 0 Å². The fraction of sp³-hybridized carbons (Fsp3) is 0.122. The monoisotopic (exact) mass is 522 g/mol. The lowest BCUT2D eigenvalue weighted by molar-refractivity contribution is 0.660. The molecule has 3 aliphatic rings. The van der Waals surface area contributed by atoms with Crippen molar-refractivity contribution in [3.63, 3.8) is 0 Å². The summed E-state index contributed by atoms with van der Waals surface area (Å²) in [4.78, 5) is 0. The van der Waals surface area contributed by atoms with E-state index in [1.54, 1.807) is 0 Å². The van der Waals surface area contributed by atoms with Gasteiger partial charge in [-0.2, -0.15) is 0 Å². The molecule has 6 aromatic rings. The highest BCUT2D eigenvalue weighted by Crippen LogP contribution is 2.63. The Bertz CT molecular complexity index is 2010. The molecule has 6 aromatic carbocycles. The van der Waals surface area contributed by atoms with Crippen molar-refractivity contribution in [2.24, 2.45) is 0 Å². The summed E-state index contributed by atoms with van der Waals surface area (Å²) in [6, 6.07) is 50.3.